The van der Waals surface area contributed by atoms with Gasteiger partial charge < -0.3 is 21.1 Å². The lowest BCUT2D eigenvalue weighted by atomic mass is 10.1. The molecule has 17 heavy (non-hydrogen) atoms. The molecule has 2 amide bonds. The molecule has 98 valence electrons. The first-order chi connectivity index (χ1) is 7.75. The Bertz CT molecular complexity index is 304. The highest BCUT2D eigenvalue weighted by atomic mass is 16.4. The third kappa shape index (κ3) is 5.86. The van der Waals surface area contributed by atoms with Crippen molar-refractivity contribution in [2.24, 2.45) is 11.7 Å². The zero-order valence-corrected chi connectivity index (χ0v) is 10.3. The topological polar surface area (TPSA) is 113 Å². The number of rotatable bonds is 6. The van der Waals surface area contributed by atoms with E-state index in [1.54, 1.807) is 13.8 Å². The molecule has 7 nitrogen and oxygen atoms in total. The molecule has 0 saturated heterocycles. The van der Waals surface area contributed by atoms with Crippen molar-refractivity contribution < 1.29 is 19.5 Å². The Hall–Kier alpha value is -1.63. The number of likely N-dealkylation sites (N-methyl/N-ethyl adjacent to an activating group) is 1. The van der Waals surface area contributed by atoms with Crippen molar-refractivity contribution in [3.05, 3.63) is 0 Å². The number of amides is 2. The SMILES string of the molecule is CC(C)[C@H](N)C(=O)NCC(=O)N(C)CC(=O)O. The number of nitrogens with zero attached hydrogens (tertiary/aromatic N) is 1. The van der Waals surface area contributed by atoms with Crippen LogP contribution in [-0.4, -0.2) is 54.0 Å². The molecule has 0 fully saturated rings. The second kappa shape index (κ2) is 6.85. The Morgan fingerprint density at radius 2 is 1.88 bits per heavy atom. The molecule has 4 N–H and O–H groups in total. The number of aliphatic carboxylic acids is 1. The zero-order chi connectivity index (χ0) is 13.6. The Labute approximate surface area is 100.0 Å². The van der Waals surface area contributed by atoms with Crippen molar-refractivity contribution in [1.82, 2.24) is 10.2 Å². The molecule has 0 spiro atoms. The van der Waals surface area contributed by atoms with Crippen LogP contribution in [0.4, 0.5) is 0 Å². The summed E-state index contributed by atoms with van der Waals surface area (Å²) in [6.07, 6.45) is 0. The molecule has 0 aliphatic heterocycles. The summed E-state index contributed by atoms with van der Waals surface area (Å²) in [5, 5.41) is 10.8. The third-order valence-electron chi connectivity index (χ3n) is 2.23. The average molecular weight is 245 g/mol. The van der Waals surface area contributed by atoms with E-state index < -0.39 is 30.4 Å². The van der Waals surface area contributed by atoms with Gasteiger partial charge in [0.1, 0.15) is 6.54 Å². The Morgan fingerprint density at radius 1 is 1.35 bits per heavy atom. The highest BCUT2D eigenvalue weighted by Gasteiger charge is 2.19. The third-order valence-corrected chi connectivity index (χ3v) is 2.23. The fourth-order valence-electron chi connectivity index (χ4n) is 1.01. The molecule has 7 heteroatoms. The van der Waals surface area contributed by atoms with Gasteiger partial charge in [-0.15, -0.1) is 0 Å². The first kappa shape index (κ1) is 15.4. The molecule has 0 heterocycles. The minimum atomic E-state index is -1.11. The van der Waals surface area contributed by atoms with Gasteiger partial charge in [0.25, 0.3) is 0 Å². The van der Waals surface area contributed by atoms with Crippen LogP contribution >= 0.6 is 0 Å². The van der Waals surface area contributed by atoms with Gasteiger partial charge in [0.15, 0.2) is 0 Å². The van der Waals surface area contributed by atoms with Crippen molar-refractivity contribution in [3.63, 3.8) is 0 Å². The highest BCUT2D eigenvalue weighted by Crippen LogP contribution is 1.97. The largest absolute Gasteiger partial charge is 0.480 e. The number of hydrogen-bond acceptors (Lipinski definition) is 4. The van der Waals surface area contributed by atoms with Crippen LogP contribution in [-0.2, 0) is 14.4 Å². The predicted octanol–water partition coefficient (Wildman–Crippen LogP) is -1.37. The summed E-state index contributed by atoms with van der Waals surface area (Å²) in [5.74, 6) is -2.03. The molecule has 0 aliphatic carbocycles. The fourth-order valence-corrected chi connectivity index (χ4v) is 1.01. The van der Waals surface area contributed by atoms with Crippen LogP contribution in [0.2, 0.25) is 0 Å². The van der Waals surface area contributed by atoms with Crippen LogP contribution in [0.1, 0.15) is 13.8 Å². The van der Waals surface area contributed by atoms with E-state index in [0.717, 1.165) is 4.90 Å². The number of carbonyl (C=O) groups excluding carboxylic acids is 2. The molecule has 0 aromatic rings. The van der Waals surface area contributed by atoms with Crippen molar-refractivity contribution in [2.75, 3.05) is 20.1 Å². The predicted molar refractivity (Wildman–Crippen MR) is 61.1 cm³/mol. The smallest absolute Gasteiger partial charge is 0.323 e. The summed E-state index contributed by atoms with van der Waals surface area (Å²) in [6, 6.07) is -0.674. The van der Waals surface area contributed by atoms with E-state index >= 15 is 0 Å². The lowest BCUT2D eigenvalue weighted by Crippen LogP contribution is -2.47. The van der Waals surface area contributed by atoms with Crippen LogP contribution in [0.25, 0.3) is 0 Å². The van der Waals surface area contributed by atoms with Gasteiger partial charge in [-0.3, -0.25) is 14.4 Å². The summed E-state index contributed by atoms with van der Waals surface area (Å²) in [4.78, 5) is 34.2. The molecule has 0 rings (SSSR count). The van der Waals surface area contributed by atoms with Crippen molar-refractivity contribution >= 4 is 17.8 Å². The number of nitrogens with one attached hydrogen (secondary N) is 1. The van der Waals surface area contributed by atoms with E-state index in [4.69, 9.17) is 10.8 Å². The van der Waals surface area contributed by atoms with Gasteiger partial charge in [-0.25, -0.2) is 0 Å². The summed E-state index contributed by atoms with van der Waals surface area (Å²) < 4.78 is 0. The fraction of sp³-hybridized carbons (Fsp3) is 0.700. The van der Waals surface area contributed by atoms with Crippen LogP contribution in [0, 0.1) is 5.92 Å². The van der Waals surface area contributed by atoms with E-state index in [1.165, 1.54) is 7.05 Å². The monoisotopic (exact) mass is 245 g/mol. The van der Waals surface area contributed by atoms with Gasteiger partial charge in [-0.1, -0.05) is 13.8 Å². The maximum Gasteiger partial charge on any atom is 0.323 e. The quantitative estimate of drug-likeness (QED) is 0.534. The summed E-state index contributed by atoms with van der Waals surface area (Å²) in [6.45, 7) is 2.94. The van der Waals surface area contributed by atoms with Crippen molar-refractivity contribution in [2.45, 2.75) is 19.9 Å². The number of hydrogen-bond donors (Lipinski definition) is 3. The number of carboxylic acid groups (broad SMARTS) is 1. The van der Waals surface area contributed by atoms with Crippen LogP contribution in [0.5, 0.6) is 0 Å². The van der Waals surface area contributed by atoms with E-state index in [1.807, 2.05) is 0 Å². The van der Waals surface area contributed by atoms with E-state index in [2.05, 4.69) is 5.32 Å². The summed E-state index contributed by atoms with van der Waals surface area (Å²) in [5.41, 5.74) is 5.57. The number of carbonyl (C=O) groups is 3. The minimum absolute atomic E-state index is 0.0261. The molecular formula is C10H19N3O4. The molecule has 0 saturated carbocycles. The molecule has 0 aliphatic rings. The lowest BCUT2D eigenvalue weighted by molar-refractivity contribution is -0.143. The Balaban J connectivity index is 4.07. The molecule has 0 aromatic heterocycles. The summed E-state index contributed by atoms with van der Waals surface area (Å²) in [7, 11) is 1.35. The van der Waals surface area contributed by atoms with Gasteiger partial charge in [0.05, 0.1) is 12.6 Å². The van der Waals surface area contributed by atoms with E-state index in [-0.39, 0.29) is 12.5 Å². The first-order valence-corrected chi connectivity index (χ1v) is 5.24. The van der Waals surface area contributed by atoms with Gasteiger partial charge >= 0.3 is 5.97 Å². The Kier molecular flexibility index (Phi) is 6.19. The highest BCUT2D eigenvalue weighted by molar-refractivity contribution is 5.88. The van der Waals surface area contributed by atoms with Gasteiger partial charge in [-0.05, 0) is 5.92 Å². The van der Waals surface area contributed by atoms with E-state index in [0.29, 0.717) is 0 Å². The molecule has 0 radical (unpaired) electrons. The molecule has 0 aromatic carbocycles. The van der Waals surface area contributed by atoms with Crippen LogP contribution < -0.4 is 11.1 Å². The molecule has 0 unspecified atom stereocenters. The van der Waals surface area contributed by atoms with Gasteiger partial charge in [-0.2, -0.15) is 0 Å². The van der Waals surface area contributed by atoms with Gasteiger partial charge in [0.2, 0.25) is 11.8 Å². The summed E-state index contributed by atoms with van der Waals surface area (Å²) >= 11 is 0. The minimum Gasteiger partial charge on any atom is -0.480 e. The van der Waals surface area contributed by atoms with Crippen molar-refractivity contribution in [3.8, 4) is 0 Å². The van der Waals surface area contributed by atoms with Crippen LogP contribution in [0.15, 0.2) is 0 Å². The van der Waals surface area contributed by atoms with Crippen LogP contribution in [0.3, 0.4) is 0 Å². The first-order valence-electron chi connectivity index (χ1n) is 5.24. The van der Waals surface area contributed by atoms with Gasteiger partial charge in [0, 0.05) is 7.05 Å². The lowest BCUT2D eigenvalue weighted by Gasteiger charge is -2.18. The standard InChI is InChI=1S/C10H19N3O4/c1-6(2)9(11)10(17)12-4-7(14)13(3)5-8(15)16/h6,9H,4-5,11H2,1-3H3,(H,12,17)(H,15,16)/t9-/m0/s1. The second-order valence-electron chi connectivity index (χ2n) is 4.13. The normalized spacial score (nSPS) is 12.1. The molecular weight excluding hydrogens is 226 g/mol. The van der Waals surface area contributed by atoms with E-state index in [9.17, 15) is 14.4 Å². The number of nitrogens with two attached hydrogens (primary N) is 1. The zero-order valence-electron chi connectivity index (χ0n) is 10.3. The number of carboxylic acids is 1. The average Bonchev–Trinajstić information content (AvgIpc) is 2.22. The maximum atomic E-state index is 11.4. The Morgan fingerprint density at radius 3 is 2.29 bits per heavy atom. The molecule has 0 bridgehead atoms. The van der Waals surface area contributed by atoms with Crippen molar-refractivity contribution in [1.29, 1.82) is 0 Å². The molecule has 1 atom stereocenters. The maximum absolute atomic E-state index is 11.4. The second-order valence-corrected chi connectivity index (χ2v) is 4.13.